The quantitative estimate of drug-likeness (QED) is 0.805. The third kappa shape index (κ3) is 5.62. The van der Waals surface area contributed by atoms with Gasteiger partial charge in [0.15, 0.2) is 0 Å². The topological polar surface area (TPSA) is 71.1 Å². The van der Waals surface area contributed by atoms with Gasteiger partial charge in [-0.2, -0.15) is 0 Å². The minimum Gasteiger partial charge on any atom is -0.305 e. The molecule has 1 aromatic carbocycles. The number of nitrogens with one attached hydrogen (secondary N) is 2. The molecule has 24 heavy (non-hydrogen) atoms. The van der Waals surface area contributed by atoms with Crippen molar-refractivity contribution in [2.45, 2.75) is 39.3 Å². The van der Waals surface area contributed by atoms with Gasteiger partial charge in [-0.25, -0.2) is 8.42 Å². The highest BCUT2D eigenvalue weighted by Crippen LogP contribution is 2.19. The van der Waals surface area contributed by atoms with Crippen LogP contribution in [0.1, 0.15) is 49.7 Å². The Labute approximate surface area is 144 Å². The minimum atomic E-state index is -3.27. The lowest BCUT2D eigenvalue weighted by Gasteiger charge is -2.16. The summed E-state index contributed by atoms with van der Waals surface area (Å²) in [5, 5.41) is 3.43. The molecular formula is C18H25N3O2S. The molecule has 0 spiro atoms. The van der Waals surface area contributed by atoms with E-state index in [-0.39, 0.29) is 6.04 Å². The van der Waals surface area contributed by atoms with E-state index < -0.39 is 10.0 Å². The Hall–Kier alpha value is -1.92. The Morgan fingerprint density at radius 1 is 1.08 bits per heavy atom. The van der Waals surface area contributed by atoms with Crippen molar-refractivity contribution in [3.05, 3.63) is 59.4 Å². The maximum atomic E-state index is 11.3. The van der Waals surface area contributed by atoms with Crippen molar-refractivity contribution in [1.29, 1.82) is 0 Å². The first-order chi connectivity index (χ1) is 11.2. The second-order valence-electron chi connectivity index (χ2n) is 6.31. The summed E-state index contributed by atoms with van der Waals surface area (Å²) >= 11 is 0. The number of hydrogen-bond donors (Lipinski definition) is 2. The molecule has 1 heterocycles. The molecule has 6 heteroatoms. The summed E-state index contributed by atoms with van der Waals surface area (Å²) in [6.07, 6.45) is 1.15. The van der Waals surface area contributed by atoms with Crippen molar-refractivity contribution >= 4 is 15.7 Å². The van der Waals surface area contributed by atoms with E-state index in [9.17, 15) is 8.42 Å². The molecule has 0 unspecified atom stereocenters. The molecule has 1 aromatic heterocycles. The van der Waals surface area contributed by atoms with Gasteiger partial charge in [0.2, 0.25) is 10.0 Å². The Balaban J connectivity index is 2.03. The van der Waals surface area contributed by atoms with Crippen molar-refractivity contribution in [2.75, 3.05) is 11.0 Å². The van der Waals surface area contributed by atoms with Gasteiger partial charge in [-0.3, -0.25) is 9.71 Å². The van der Waals surface area contributed by atoms with Crippen LogP contribution in [0.5, 0.6) is 0 Å². The van der Waals surface area contributed by atoms with Gasteiger partial charge in [0, 0.05) is 24.0 Å². The van der Waals surface area contributed by atoms with Crippen LogP contribution in [0.3, 0.4) is 0 Å². The van der Waals surface area contributed by atoms with Crippen LogP contribution in [0.4, 0.5) is 5.69 Å². The van der Waals surface area contributed by atoms with Gasteiger partial charge in [0.25, 0.3) is 0 Å². The van der Waals surface area contributed by atoms with Gasteiger partial charge in [-0.05, 0) is 42.7 Å². The van der Waals surface area contributed by atoms with Crippen LogP contribution in [0.15, 0.2) is 42.5 Å². The Kier molecular flexibility index (Phi) is 5.96. The van der Waals surface area contributed by atoms with Crippen LogP contribution in [0, 0.1) is 0 Å². The van der Waals surface area contributed by atoms with E-state index in [4.69, 9.17) is 0 Å². The third-order valence-electron chi connectivity index (χ3n) is 3.70. The van der Waals surface area contributed by atoms with Crippen molar-refractivity contribution < 1.29 is 8.42 Å². The molecule has 0 saturated heterocycles. The average Bonchev–Trinajstić information content (AvgIpc) is 2.51. The number of anilines is 1. The average molecular weight is 347 g/mol. The lowest BCUT2D eigenvalue weighted by atomic mass is 10.1. The van der Waals surface area contributed by atoms with Crippen LogP contribution < -0.4 is 10.0 Å². The molecule has 130 valence electrons. The number of rotatable bonds is 7. The second kappa shape index (κ2) is 7.77. The van der Waals surface area contributed by atoms with Gasteiger partial charge in [-0.1, -0.05) is 32.0 Å². The van der Waals surface area contributed by atoms with E-state index >= 15 is 0 Å². The Morgan fingerprint density at radius 3 is 2.46 bits per heavy atom. The van der Waals surface area contributed by atoms with E-state index in [1.165, 1.54) is 0 Å². The zero-order chi connectivity index (χ0) is 17.7. The fourth-order valence-electron chi connectivity index (χ4n) is 2.38. The molecule has 0 radical (unpaired) electrons. The number of pyridine rings is 1. The minimum absolute atomic E-state index is 0.0795. The zero-order valence-corrected chi connectivity index (χ0v) is 15.4. The summed E-state index contributed by atoms with van der Waals surface area (Å²) in [6.45, 7) is 6.96. The van der Waals surface area contributed by atoms with E-state index in [1.807, 2.05) is 43.3 Å². The van der Waals surface area contributed by atoms with Crippen LogP contribution in [0.2, 0.25) is 0 Å². The summed E-state index contributed by atoms with van der Waals surface area (Å²) in [6, 6.07) is 13.6. The van der Waals surface area contributed by atoms with Gasteiger partial charge < -0.3 is 5.32 Å². The fourth-order valence-corrected chi connectivity index (χ4v) is 2.93. The predicted molar refractivity (Wildman–Crippen MR) is 98.5 cm³/mol. The largest absolute Gasteiger partial charge is 0.305 e. The molecule has 0 aliphatic rings. The zero-order valence-electron chi connectivity index (χ0n) is 14.6. The molecule has 0 aliphatic heterocycles. The SMILES string of the molecule is CC(C)c1cccc(CN[C@@H](C)c2cccc(NS(C)(=O)=O)c2)n1. The lowest BCUT2D eigenvalue weighted by molar-refractivity contribution is 0.566. The van der Waals surface area contributed by atoms with Crippen molar-refractivity contribution in [3.8, 4) is 0 Å². The van der Waals surface area contributed by atoms with Gasteiger partial charge >= 0.3 is 0 Å². The van der Waals surface area contributed by atoms with E-state index in [2.05, 4.69) is 28.9 Å². The maximum absolute atomic E-state index is 11.3. The third-order valence-corrected chi connectivity index (χ3v) is 4.31. The highest BCUT2D eigenvalue weighted by Gasteiger charge is 2.09. The molecule has 0 aliphatic carbocycles. The number of aromatic nitrogens is 1. The van der Waals surface area contributed by atoms with Gasteiger partial charge in [0.1, 0.15) is 0 Å². The van der Waals surface area contributed by atoms with Crippen LogP contribution in [-0.4, -0.2) is 19.7 Å². The Bertz CT molecular complexity index is 788. The van der Waals surface area contributed by atoms with E-state index in [1.54, 1.807) is 6.07 Å². The summed E-state index contributed by atoms with van der Waals surface area (Å²) in [5.41, 5.74) is 3.67. The van der Waals surface area contributed by atoms with E-state index in [0.717, 1.165) is 23.2 Å². The maximum Gasteiger partial charge on any atom is 0.229 e. The monoisotopic (exact) mass is 347 g/mol. The first kappa shape index (κ1) is 18.4. The van der Waals surface area contributed by atoms with Crippen molar-refractivity contribution in [3.63, 3.8) is 0 Å². The lowest BCUT2D eigenvalue weighted by Crippen LogP contribution is -2.19. The van der Waals surface area contributed by atoms with E-state index in [0.29, 0.717) is 18.2 Å². The first-order valence-corrected chi connectivity index (χ1v) is 9.90. The smallest absolute Gasteiger partial charge is 0.229 e. The summed E-state index contributed by atoms with van der Waals surface area (Å²) < 4.78 is 25.2. The molecule has 0 saturated carbocycles. The number of hydrogen-bond acceptors (Lipinski definition) is 4. The molecule has 5 nitrogen and oxygen atoms in total. The normalized spacial score (nSPS) is 13.0. The highest BCUT2D eigenvalue weighted by atomic mass is 32.2. The molecule has 1 atom stereocenters. The standard InChI is InChI=1S/C18H25N3O2S/c1-13(2)18-10-6-9-17(20-18)12-19-14(3)15-7-5-8-16(11-15)21-24(4,22)23/h5-11,13-14,19,21H,12H2,1-4H3/t14-/m0/s1. The molecule has 2 aromatic rings. The van der Waals surface area contributed by atoms with Gasteiger partial charge in [0.05, 0.1) is 11.9 Å². The van der Waals surface area contributed by atoms with Crippen LogP contribution in [-0.2, 0) is 16.6 Å². The second-order valence-corrected chi connectivity index (χ2v) is 8.06. The summed E-state index contributed by atoms with van der Waals surface area (Å²) in [5.74, 6) is 0.404. The van der Waals surface area contributed by atoms with Crippen molar-refractivity contribution in [1.82, 2.24) is 10.3 Å². The van der Waals surface area contributed by atoms with Crippen LogP contribution in [0.25, 0.3) is 0 Å². The molecule has 0 bridgehead atoms. The Morgan fingerprint density at radius 2 is 1.79 bits per heavy atom. The molecular weight excluding hydrogens is 322 g/mol. The molecule has 2 rings (SSSR count). The van der Waals surface area contributed by atoms with Crippen molar-refractivity contribution in [2.24, 2.45) is 0 Å². The number of sulfonamides is 1. The van der Waals surface area contributed by atoms with Gasteiger partial charge in [-0.15, -0.1) is 0 Å². The predicted octanol–water partition coefficient (Wildman–Crippen LogP) is 3.43. The fraction of sp³-hybridized carbons (Fsp3) is 0.389. The molecule has 0 fully saturated rings. The van der Waals surface area contributed by atoms with Crippen LogP contribution >= 0.6 is 0 Å². The summed E-state index contributed by atoms with van der Waals surface area (Å²) in [4.78, 5) is 4.65. The number of nitrogens with zero attached hydrogens (tertiary/aromatic N) is 1. The first-order valence-electron chi connectivity index (χ1n) is 8.01. The number of benzene rings is 1. The molecule has 2 N–H and O–H groups in total. The molecule has 0 amide bonds. The summed E-state index contributed by atoms with van der Waals surface area (Å²) in [7, 11) is -3.27. The highest BCUT2D eigenvalue weighted by molar-refractivity contribution is 7.92.